The van der Waals surface area contributed by atoms with Gasteiger partial charge in [0.15, 0.2) is 0 Å². The minimum atomic E-state index is -0.175. The first-order chi connectivity index (χ1) is 14.6. The SMILES string of the molecule is Cc1nc(OCCNC(=O)c2ccc(-c3noc(C)n3)cc2)cc(N2CCCC2)n1. The Morgan fingerprint density at radius 2 is 1.90 bits per heavy atom. The second kappa shape index (κ2) is 8.89. The Balaban J connectivity index is 1.28. The minimum absolute atomic E-state index is 0.175. The Bertz CT molecular complexity index is 1010. The van der Waals surface area contributed by atoms with Crippen LogP contribution in [0.2, 0.25) is 0 Å². The van der Waals surface area contributed by atoms with E-state index in [2.05, 4.69) is 30.3 Å². The molecule has 2 aromatic heterocycles. The number of carbonyl (C=O) groups is 1. The highest BCUT2D eigenvalue weighted by Crippen LogP contribution is 2.21. The van der Waals surface area contributed by atoms with Crippen LogP contribution in [0.5, 0.6) is 5.88 Å². The van der Waals surface area contributed by atoms with Crippen molar-refractivity contribution in [3.8, 4) is 17.3 Å². The van der Waals surface area contributed by atoms with E-state index >= 15 is 0 Å². The monoisotopic (exact) mass is 408 g/mol. The maximum Gasteiger partial charge on any atom is 0.251 e. The van der Waals surface area contributed by atoms with Crippen LogP contribution in [-0.2, 0) is 0 Å². The molecule has 1 fully saturated rings. The number of amides is 1. The second-order valence-electron chi connectivity index (χ2n) is 7.12. The third-order valence-electron chi connectivity index (χ3n) is 4.80. The van der Waals surface area contributed by atoms with Crippen molar-refractivity contribution < 1.29 is 14.1 Å². The number of hydrogen-bond acceptors (Lipinski definition) is 8. The van der Waals surface area contributed by atoms with Crippen LogP contribution in [0.3, 0.4) is 0 Å². The molecule has 9 heteroatoms. The van der Waals surface area contributed by atoms with Crippen LogP contribution in [0, 0.1) is 13.8 Å². The van der Waals surface area contributed by atoms with Gasteiger partial charge in [0.2, 0.25) is 17.6 Å². The minimum Gasteiger partial charge on any atom is -0.476 e. The summed E-state index contributed by atoms with van der Waals surface area (Å²) in [5, 5.41) is 6.72. The first-order valence-corrected chi connectivity index (χ1v) is 10.0. The average molecular weight is 408 g/mol. The van der Waals surface area contributed by atoms with Gasteiger partial charge < -0.3 is 19.5 Å². The molecule has 3 aromatic rings. The highest BCUT2D eigenvalue weighted by atomic mass is 16.5. The van der Waals surface area contributed by atoms with Gasteiger partial charge in [0.1, 0.15) is 18.2 Å². The third kappa shape index (κ3) is 4.73. The summed E-state index contributed by atoms with van der Waals surface area (Å²) >= 11 is 0. The molecule has 0 aliphatic carbocycles. The molecule has 0 spiro atoms. The quantitative estimate of drug-likeness (QED) is 0.595. The van der Waals surface area contributed by atoms with Gasteiger partial charge in [0, 0.05) is 37.2 Å². The number of nitrogens with one attached hydrogen (secondary N) is 1. The van der Waals surface area contributed by atoms with E-state index in [-0.39, 0.29) is 5.91 Å². The van der Waals surface area contributed by atoms with Gasteiger partial charge in [-0.2, -0.15) is 9.97 Å². The van der Waals surface area contributed by atoms with Gasteiger partial charge in [-0.05, 0) is 31.9 Å². The number of rotatable bonds is 7. The molecule has 0 bridgehead atoms. The van der Waals surface area contributed by atoms with Crippen molar-refractivity contribution >= 4 is 11.7 Å². The van der Waals surface area contributed by atoms with Crippen molar-refractivity contribution in [1.29, 1.82) is 0 Å². The smallest absolute Gasteiger partial charge is 0.251 e. The van der Waals surface area contributed by atoms with E-state index in [1.165, 1.54) is 12.8 Å². The maximum absolute atomic E-state index is 12.3. The molecule has 9 nitrogen and oxygen atoms in total. The van der Waals surface area contributed by atoms with Crippen molar-refractivity contribution in [3.63, 3.8) is 0 Å². The van der Waals surface area contributed by atoms with Crippen LogP contribution in [0.25, 0.3) is 11.4 Å². The Morgan fingerprint density at radius 1 is 1.13 bits per heavy atom. The Hall–Kier alpha value is -3.49. The molecule has 3 heterocycles. The van der Waals surface area contributed by atoms with Crippen LogP contribution >= 0.6 is 0 Å². The zero-order valence-electron chi connectivity index (χ0n) is 17.1. The summed E-state index contributed by atoms with van der Waals surface area (Å²) in [7, 11) is 0. The van der Waals surface area contributed by atoms with Crippen LogP contribution in [-0.4, -0.2) is 52.3 Å². The molecule has 1 saturated heterocycles. The maximum atomic E-state index is 12.3. The predicted octanol–water partition coefficient (Wildman–Crippen LogP) is 2.55. The van der Waals surface area contributed by atoms with Crippen molar-refractivity contribution in [2.45, 2.75) is 26.7 Å². The molecule has 0 unspecified atom stereocenters. The largest absolute Gasteiger partial charge is 0.476 e. The second-order valence-corrected chi connectivity index (χ2v) is 7.12. The summed E-state index contributed by atoms with van der Waals surface area (Å²) in [6.07, 6.45) is 2.36. The van der Waals surface area contributed by atoms with E-state index in [9.17, 15) is 4.79 Å². The molecule has 0 atom stereocenters. The van der Waals surface area contributed by atoms with E-state index in [1.54, 1.807) is 31.2 Å². The number of carbonyl (C=O) groups excluding carboxylic acids is 1. The summed E-state index contributed by atoms with van der Waals surface area (Å²) < 4.78 is 10.7. The van der Waals surface area contributed by atoms with E-state index in [4.69, 9.17) is 9.26 Å². The summed E-state index contributed by atoms with van der Waals surface area (Å²) in [6, 6.07) is 8.90. The Kier molecular flexibility index (Phi) is 5.87. The lowest BCUT2D eigenvalue weighted by Crippen LogP contribution is -2.28. The lowest BCUT2D eigenvalue weighted by atomic mass is 10.1. The van der Waals surface area contributed by atoms with Gasteiger partial charge in [-0.25, -0.2) is 4.98 Å². The average Bonchev–Trinajstić information content (AvgIpc) is 3.43. The molecule has 1 aliphatic heterocycles. The summed E-state index contributed by atoms with van der Waals surface area (Å²) in [5.74, 6) is 2.93. The molecular weight excluding hydrogens is 384 g/mol. The molecule has 156 valence electrons. The molecule has 0 radical (unpaired) electrons. The van der Waals surface area contributed by atoms with Gasteiger partial charge in [-0.1, -0.05) is 17.3 Å². The zero-order valence-corrected chi connectivity index (χ0v) is 17.1. The van der Waals surface area contributed by atoms with E-state index in [0.29, 0.717) is 42.1 Å². The predicted molar refractivity (Wildman–Crippen MR) is 111 cm³/mol. The first-order valence-electron chi connectivity index (χ1n) is 10.0. The number of benzene rings is 1. The summed E-state index contributed by atoms with van der Waals surface area (Å²) in [4.78, 5) is 27.6. The molecule has 4 rings (SSSR count). The van der Waals surface area contributed by atoms with Crippen molar-refractivity contribution in [3.05, 3.63) is 47.6 Å². The molecule has 1 aromatic carbocycles. The number of aromatic nitrogens is 4. The molecule has 1 N–H and O–H groups in total. The fourth-order valence-corrected chi connectivity index (χ4v) is 3.32. The van der Waals surface area contributed by atoms with Gasteiger partial charge >= 0.3 is 0 Å². The summed E-state index contributed by atoms with van der Waals surface area (Å²) in [6.45, 7) is 6.30. The van der Waals surface area contributed by atoms with Crippen LogP contribution in [0.15, 0.2) is 34.9 Å². The molecule has 30 heavy (non-hydrogen) atoms. The fraction of sp³-hybridized carbons (Fsp3) is 0.381. The zero-order chi connectivity index (χ0) is 20.9. The van der Waals surface area contributed by atoms with Crippen LogP contribution in [0.4, 0.5) is 5.82 Å². The molecule has 1 amide bonds. The van der Waals surface area contributed by atoms with Gasteiger partial charge in [0.05, 0.1) is 6.54 Å². The van der Waals surface area contributed by atoms with Crippen molar-refractivity contribution in [1.82, 2.24) is 25.4 Å². The fourth-order valence-electron chi connectivity index (χ4n) is 3.32. The van der Waals surface area contributed by atoms with Gasteiger partial charge in [-0.3, -0.25) is 4.79 Å². The lowest BCUT2D eigenvalue weighted by molar-refractivity contribution is 0.0946. The highest BCUT2D eigenvalue weighted by molar-refractivity contribution is 5.94. The Morgan fingerprint density at radius 3 is 2.60 bits per heavy atom. The van der Waals surface area contributed by atoms with Crippen LogP contribution in [0.1, 0.15) is 34.9 Å². The number of hydrogen-bond donors (Lipinski definition) is 1. The number of nitrogens with zero attached hydrogens (tertiary/aromatic N) is 5. The highest BCUT2D eigenvalue weighted by Gasteiger charge is 2.15. The third-order valence-corrected chi connectivity index (χ3v) is 4.80. The normalized spacial score (nSPS) is 13.5. The molecule has 1 aliphatic rings. The number of aryl methyl sites for hydroxylation is 2. The standard InChI is InChI=1S/C21H24N6O3/c1-14-23-18(27-10-3-4-11-27)13-19(24-14)29-12-9-22-21(28)17-7-5-16(6-8-17)20-25-15(2)30-26-20/h5-8,13H,3-4,9-12H2,1-2H3,(H,22,28). The van der Waals surface area contributed by atoms with Crippen molar-refractivity contribution in [2.24, 2.45) is 0 Å². The number of anilines is 1. The topological polar surface area (TPSA) is 106 Å². The molecular formula is C21H24N6O3. The van der Waals surface area contributed by atoms with E-state index in [1.807, 2.05) is 13.0 Å². The summed E-state index contributed by atoms with van der Waals surface area (Å²) in [5.41, 5.74) is 1.34. The number of ether oxygens (including phenoxy) is 1. The van der Waals surface area contributed by atoms with Gasteiger partial charge in [0.25, 0.3) is 5.91 Å². The van der Waals surface area contributed by atoms with Gasteiger partial charge in [-0.15, -0.1) is 0 Å². The Labute approximate surface area is 174 Å². The van der Waals surface area contributed by atoms with E-state index < -0.39 is 0 Å². The van der Waals surface area contributed by atoms with Crippen molar-refractivity contribution in [2.75, 3.05) is 31.1 Å². The lowest BCUT2D eigenvalue weighted by Gasteiger charge is -2.17. The first kappa shape index (κ1) is 19.8. The molecule has 0 saturated carbocycles. The van der Waals surface area contributed by atoms with E-state index in [0.717, 1.165) is 24.5 Å². The van der Waals surface area contributed by atoms with Crippen LogP contribution < -0.4 is 15.0 Å².